The number of carbonyl (C=O) groups excluding carboxylic acids is 1. The monoisotopic (exact) mass is 221 g/mol. The van der Waals surface area contributed by atoms with E-state index in [2.05, 4.69) is 37.4 Å². The third kappa shape index (κ3) is 2.26. The zero-order valence-corrected chi connectivity index (χ0v) is 10.2. The van der Waals surface area contributed by atoms with Crippen molar-refractivity contribution in [2.45, 2.75) is 45.1 Å². The number of carbonyl (C=O) groups is 1. The first-order chi connectivity index (χ1) is 7.47. The first kappa shape index (κ1) is 11.2. The normalized spacial score (nSPS) is 21.9. The summed E-state index contributed by atoms with van der Waals surface area (Å²) in [5, 5.41) is 7.28. The number of hydrogen-bond acceptors (Lipinski definition) is 2. The highest BCUT2D eigenvalue weighted by atomic mass is 16.1. The Morgan fingerprint density at radius 1 is 1.50 bits per heavy atom. The van der Waals surface area contributed by atoms with Gasteiger partial charge in [0.15, 0.2) is 0 Å². The average molecular weight is 221 g/mol. The molecular formula is C12H19N3O. The fourth-order valence-corrected chi connectivity index (χ4v) is 1.87. The molecule has 0 aromatic carbocycles. The molecule has 0 bridgehead atoms. The smallest absolute Gasteiger partial charge is 0.220 e. The second-order valence-corrected chi connectivity index (χ2v) is 5.46. The Kier molecular flexibility index (Phi) is 2.74. The highest BCUT2D eigenvalue weighted by molar-refractivity contribution is 5.76. The average Bonchev–Trinajstić information content (AvgIpc) is 2.67. The van der Waals surface area contributed by atoms with Crippen molar-refractivity contribution in [3.8, 4) is 0 Å². The van der Waals surface area contributed by atoms with E-state index in [0.717, 1.165) is 6.42 Å². The van der Waals surface area contributed by atoms with Crippen molar-refractivity contribution in [3.05, 3.63) is 18.0 Å². The van der Waals surface area contributed by atoms with E-state index >= 15 is 0 Å². The van der Waals surface area contributed by atoms with Crippen molar-refractivity contribution in [2.24, 2.45) is 0 Å². The Morgan fingerprint density at radius 3 is 2.75 bits per heavy atom. The van der Waals surface area contributed by atoms with E-state index in [1.807, 2.05) is 10.9 Å². The van der Waals surface area contributed by atoms with E-state index in [1.165, 1.54) is 5.56 Å². The molecular weight excluding hydrogens is 202 g/mol. The Morgan fingerprint density at radius 2 is 2.25 bits per heavy atom. The van der Waals surface area contributed by atoms with Gasteiger partial charge in [-0.15, -0.1) is 0 Å². The van der Waals surface area contributed by atoms with Crippen molar-refractivity contribution in [1.82, 2.24) is 15.1 Å². The number of piperidine rings is 1. The minimum Gasteiger partial charge on any atom is -0.354 e. The molecule has 16 heavy (non-hydrogen) atoms. The van der Waals surface area contributed by atoms with Crippen LogP contribution in [0.3, 0.4) is 0 Å². The fourth-order valence-electron chi connectivity index (χ4n) is 1.87. The van der Waals surface area contributed by atoms with Gasteiger partial charge in [0.1, 0.15) is 0 Å². The number of rotatable bonds is 1. The van der Waals surface area contributed by atoms with Crippen molar-refractivity contribution in [1.29, 1.82) is 0 Å². The van der Waals surface area contributed by atoms with Gasteiger partial charge in [-0.05, 0) is 17.4 Å². The fraction of sp³-hybridized carbons (Fsp3) is 0.667. The summed E-state index contributed by atoms with van der Waals surface area (Å²) in [5.74, 6) is 0.152. The highest BCUT2D eigenvalue weighted by Gasteiger charge is 2.22. The predicted molar refractivity (Wildman–Crippen MR) is 62.2 cm³/mol. The van der Waals surface area contributed by atoms with Gasteiger partial charge in [-0.3, -0.25) is 9.48 Å². The number of hydrogen-bond donors (Lipinski definition) is 1. The molecule has 0 unspecified atom stereocenters. The van der Waals surface area contributed by atoms with Gasteiger partial charge in [0, 0.05) is 19.2 Å². The molecule has 2 rings (SSSR count). The summed E-state index contributed by atoms with van der Waals surface area (Å²) in [5.41, 5.74) is 1.38. The SMILES string of the molecule is CC(C)(C)c1cnn([C@@H]2CCC(=O)NC2)c1. The third-order valence-corrected chi connectivity index (χ3v) is 3.08. The molecule has 2 heterocycles. The quantitative estimate of drug-likeness (QED) is 0.783. The van der Waals surface area contributed by atoms with Crippen LogP contribution in [0.25, 0.3) is 0 Å². The lowest BCUT2D eigenvalue weighted by atomic mass is 9.90. The molecule has 1 aliphatic heterocycles. The van der Waals surface area contributed by atoms with Crippen molar-refractivity contribution in [3.63, 3.8) is 0 Å². The lowest BCUT2D eigenvalue weighted by Crippen LogP contribution is -2.36. The van der Waals surface area contributed by atoms with E-state index in [0.29, 0.717) is 19.0 Å². The van der Waals surface area contributed by atoms with Crippen LogP contribution in [0.5, 0.6) is 0 Å². The molecule has 1 N–H and O–H groups in total. The van der Waals surface area contributed by atoms with E-state index in [-0.39, 0.29) is 11.3 Å². The summed E-state index contributed by atoms with van der Waals surface area (Å²) < 4.78 is 1.99. The molecule has 1 aromatic rings. The third-order valence-electron chi connectivity index (χ3n) is 3.08. The van der Waals surface area contributed by atoms with Gasteiger partial charge in [-0.2, -0.15) is 5.10 Å². The van der Waals surface area contributed by atoms with Crippen molar-refractivity contribution < 1.29 is 4.79 Å². The van der Waals surface area contributed by atoms with Gasteiger partial charge >= 0.3 is 0 Å². The molecule has 1 aliphatic rings. The molecule has 0 radical (unpaired) electrons. The van der Waals surface area contributed by atoms with Crippen LogP contribution < -0.4 is 5.32 Å². The van der Waals surface area contributed by atoms with Crippen LogP contribution in [0.4, 0.5) is 0 Å². The number of nitrogens with one attached hydrogen (secondary N) is 1. The van der Waals surface area contributed by atoms with Crippen LogP contribution in [0.15, 0.2) is 12.4 Å². The Hall–Kier alpha value is -1.32. The summed E-state index contributed by atoms with van der Waals surface area (Å²) in [6.07, 6.45) is 5.52. The van der Waals surface area contributed by atoms with Crippen LogP contribution in [0.2, 0.25) is 0 Å². The van der Waals surface area contributed by atoms with Gasteiger partial charge in [0.25, 0.3) is 0 Å². The maximum absolute atomic E-state index is 11.1. The maximum Gasteiger partial charge on any atom is 0.220 e. The standard InChI is InChI=1S/C12H19N3O/c1-12(2,3)9-6-14-15(8-9)10-4-5-11(16)13-7-10/h6,8,10H,4-5,7H2,1-3H3,(H,13,16)/t10-/m1/s1. The van der Waals surface area contributed by atoms with Crippen molar-refractivity contribution >= 4 is 5.91 Å². The number of nitrogens with zero attached hydrogens (tertiary/aromatic N) is 2. The van der Waals surface area contributed by atoms with Crippen LogP contribution in [-0.4, -0.2) is 22.2 Å². The van der Waals surface area contributed by atoms with E-state index in [1.54, 1.807) is 0 Å². The molecule has 1 aromatic heterocycles. The molecule has 0 spiro atoms. The zero-order chi connectivity index (χ0) is 11.8. The second kappa shape index (κ2) is 3.92. The van der Waals surface area contributed by atoms with Crippen LogP contribution >= 0.6 is 0 Å². The van der Waals surface area contributed by atoms with E-state index < -0.39 is 0 Å². The molecule has 0 aliphatic carbocycles. The molecule has 88 valence electrons. The first-order valence-corrected chi connectivity index (χ1v) is 5.78. The lowest BCUT2D eigenvalue weighted by Gasteiger charge is -2.23. The zero-order valence-electron chi connectivity index (χ0n) is 10.2. The largest absolute Gasteiger partial charge is 0.354 e. The maximum atomic E-state index is 11.1. The second-order valence-electron chi connectivity index (χ2n) is 5.46. The van der Waals surface area contributed by atoms with Crippen LogP contribution in [0.1, 0.15) is 45.2 Å². The van der Waals surface area contributed by atoms with Gasteiger partial charge in [-0.25, -0.2) is 0 Å². The molecule has 4 heteroatoms. The Labute approximate surface area is 96.0 Å². The van der Waals surface area contributed by atoms with Crippen LogP contribution in [0, 0.1) is 0 Å². The topological polar surface area (TPSA) is 46.9 Å². The molecule has 4 nitrogen and oxygen atoms in total. The lowest BCUT2D eigenvalue weighted by molar-refractivity contribution is -0.122. The summed E-state index contributed by atoms with van der Waals surface area (Å²) in [6, 6.07) is 0.314. The highest BCUT2D eigenvalue weighted by Crippen LogP contribution is 2.24. The predicted octanol–water partition coefficient (Wildman–Crippen LogP) is 1.63. The minimum absolute atomic E-state index is 0.135. The van der Waals surface area contributed by atoms with E-state index in [9.17, 15) is 4.79 Å². The number of amides is 1. The molecule has 1 fully saturated rings. The van der Waals surface area contributed by atoms with Gasteiger partial charge < -0.3 is 5.32 Å². The summed E-state index contributed by atoms with van der Waals surface area (Å²) in [7, 11) is 0. The molecule has 1 saturated heterocycles. The van der Waals surface area contributed by atoms with Crippen molar-refractivity contribution in [2.75, 3.05) is 6.54 Å². The first-order valence-electron chi connectivity index (χ1n) is 5.78. The minimum atomic E-state index is 0.135. The molecule has 1 atom stereocenters. The van der Waals surface area contributed by atoms with Gasteiger partial charge in [-0.1, -0.05) is 20.8 Å². The van der Waals surface area contributed by atoms with Gasteiger partial charge in [0.05, 0.1) is 12.2 Å². The van der Waals surface area contributed by atoms with Gasteiger partial charge in [0.2, 0.25) is 5.91 Å². The molecule has 0 saturated carbocycles. The summed E-state index contributed by atoms with van der Waals surface area (Å²) in [4.78, 5) is 11.1. The summed E-state index contributed by atoms with van der Waals surface area (Å²) >= 11 is 0. The summed E-state index contributed by atoms with van der Waals surface area (Å²) in [6.45, 7) is 7.23. The molecule has 1 amide bonds. The van der Waals surface area contributed by atoms with Crippen LogP contribution in [-0.2, 0) is 10.2 Å². The Bertz CT molecular complexity index is 379. The Balaban J connectivity index is 2.10. The number of aromatic nitrogens is 2. The van der Waals surface area contributed by atoms with E-state index in [4.69, 9.17) is 0 Å².